The van der Waals surface area contributed by atoms with Crippen LogP contribution in [0.2, 0.25) is 0 Å². The van der Waals surface area contributed by atoms with Gasteiger partial charge in [-0.25, -0.2) is 0 Å². The van der Waals surface area contributed by atoms with E-state index in [9.17, 15) is 5.11 Å². The summed E-state index contributed by atoms with van der Waals surface area (Å²) in [6.07, 6.45) is 0.273. The van der Waals surface area contributed by atoms with Crippen LogP contribution in [0.25, 0.3) is 0 Å². The van der Waals surface area contributed by atoms with E-state index in [1.807, 2.05) is 12.1 Å². The van der Waals surface area contributed by atoms with E-state index in [1.54, 1.807) is 6.92 Å². The van der Waals surface area contributed by atoms with Gasteiger partial charge in [-0.2, -0.15) is 0 Å². The van der Waals surface area contributed by atoms with Crippen molar-refractivity contribution < 1.29 is 9.52 Å². The predicted octanol–water partition coefficient (Wildman–Crippen LogP) is 2.56. The summed E-state index contributed by atoms with van der Waals surface area (Å²) in [6, 6.07) is 8.50. The number of aliphatic hydroxyl groups excluding tert-OH is 1. The fourth-order valence-corrected chi connectivity index (χ4v) is 2.37. The van der Waals surface area contributed by atoms with Gasteiger partial charge in [0.1, 0.15) is 0 Å². The number of rotatable bonds is 7. The molecule has 0 saturated heterocycles. The fraction of sp³-hybridized carbons (Fsp3) is 0.529. The average Bonchev–Trinajstić information content (AvgIpc) is 2.87. The Kier molecular flexibility index (Phi) is 5.69. The van der Waals surface area contributed by atoms with Gasteiger partial charge in [0.05, 0.1) is 19.1 Å². The number of aliphatic hydroxyl groups is 1. The first-order chi connectivity index (χ1) is 10.5. The zero-order chi connectivity index (χ0) is 16.1. The van der Waals surface area contributed by atoms with Crippen molar-refractivity contribution in [2.24, 2.45) is 0 Å². The minimum atomic E-state index is -0.378. The molecule has 0 aliphatic heterocycles. The van der Waals surface area contributed by atoms with E-state index in [-0.39, 0.29) is 6.10 Å². The van der Waals surface area contributed by atoms with E-state index in [2.05, 4.69) is 48.0 Å². The molecule has 120 valence electrons. The van der Waals surface area contributed by atoms with Gasteiger partial charge in [0.15, 0.2) is 0 Å². The van der Waals surface area contributed by atoms with Crippen LogP contribution in [0.4, 0.5) is 0 Å². The van der Waals surface area contributed by atoms with Gasteiger partial charge in [0.2, 0.25) is 11.8 Å². The van der Waals surface area contributed by atoms with Crippen molar-refractivity contribution >= 4 is 0 Å². The van der Waals surface area contributed by atoms with Crippen LogP contribution in [0.5, 0.6) is 0 Å². The number of hydrogen-bond acceptors (Lipinski definition) is 5. The van der Waals surface area contributed by atoms with Gasteiger partial charge in [-0.05, 0) is 38.8 Å². The first-order valence-electron chi connectivity index (χ1n) is 7.73. The molecule has 0 amide bonds. The third kappa shape index (κ3) is 4.64. The number of aromatic nitrogens is 2. The molecule has 0 aliphatic rings. The van der Waals surface area contributed by atoms with E-state index in [0.29, 0.717) is 37.3 Å². The summed E-state index contributed by atoms with van der Waals surface area (Å²) in [5.74, 6) is 1.22. The Morgan fingerprint density at radius 1 is 1.14 bits per heavy atom. The van der Waals surface area contributed by atoms with E-state index in [0.717, 1.165) is 0 Å². The van der Waals surface area contributed by atoms with Gasteiger partial charge < -0.3 is 9.52 Å². The molecule has 5 heteroatoms. The highest BCUT2D eigenvalue weighted by Gasteiger charge is 2.16. The summed E-state index contributed by atoms with van der Waals surface area (Å²) in [5, 5.41) is 17.8. The molecule has 0 spiro atoms. The third-order valence-electron chi connectivity index (χ3n) is 3.68. The lowest BCUT2D eigenvalue weighted by molar-refractivity contribution is 0.0959. The minimum absolute atomic E-state index is 0.307. The third-order valence-corrected chi connectivity index (χ3v) is 3.68. The van der Waals surface area contributed by atoms with Crippen molar-refractivity contribution in [3.8, 4) is 0 Å². The molecule has 1 atom stereocenters. The normalized spacial score (nSPS) is 13.0. The number of aryl methyl sites for hydroxylation is 1. The summed E-state index contributed by atoms with van der Waals surface area (Å²) in [6.45, 7) is 9.19. The lowest BCUT2D eigenvalue weighted by atomic mass is 10.1. The quantitative estimate of drug-likeness (QED) is 0.851. The maximum absolute atomic E-state index is 9.57. The highest BCUT2D eigenvalue weighted by Crippen LogP contribution is 2.14. The van der Waals surface area contributed by atoms with Crippen molar-refractivity contribution in [1.82, 2.24) is 15.1 Å². The van der Waals surface area contributed by atoms with Crippen molar-refractivity contribution in [2.75, 3.05) is 6.54 Å². The molecule has 0 fully saturated rings. The Balaban J connectivity index is 2.03. The highest BCUT2D eigenvalue weighted by molar-refractivity contribution is 5.27. The van der Waals surface area contributed by atoms with Gasteiger partial charge in [0, 0.05) is 12.6 Å². The summed E-state index contributed by atoms with van der Waals surface area (Å²) >= 11 is 0. The molecule has 1 unspecified atom stereocenters. The van der Waals surface area contributed by atoms with Crippen LogP contribution < -0.4 is 0 Å². The summed E-state index contributed by atoms with van der Waals surface area (Å²) in [5.41, 5.74) is 2.42. The maximum atomic E-state index is 9.57. The second kappa shape index (κ2) is 7.51. The Morgan fingerprint density at radius 3 is 2.45 bits per heavy atom. The molecule has 0 aliphatic carbocycles. The molecule has 22 heavy (non-hydrogen) atoms. The molecule has 1 aromatic heterocycles. The highest BCUT2D eigenvalue weighted by atomic mass is 16.4. The van der Waals surface area contributed by atoms with Gasteiger partial charge in [-0.1, -0.05) is 24.3 Å². The second-order valence-corrected chi connectivity index (χ2v) is 6.07. The Morgan fingerprint density at radius 2 is 1.82 bits per heavy atom. The molecule has 1 aromatic carbocycles. The molecular weight excluding hydrogens is 278 g/mol. The number of nitrogens with zero attached hydrogens (tertiary/aromatic N) is 3. The topological polar surface area (TPSA) is 62.4 Å². The van der Waals surface area contributed by atoms with Crippen molar-refractivity contribution in [3.63, 3.8) is 0 Å². The first-order valence-corrected chi connectivity index (χ1v) is 7.73. The summed E-state index contributed by atoms with van der Waals surface area (Å²) in [7, 11) is 0. The lowest BCUT2D eigenvalue weighted by Crippen LogP contribution is -2.36. The van der Waals surface area contributed by atoms with E-state index < -0.39 is 0 Å². The van der Waals surface area contributed by atoms with Crippen molar-refractivity contribution in [1.29, 1.82) is 0 Å². The van der Waals surface area contributed by atoms with Crippen LogP contribution in [0.15, 0.2) is 28.7 Å². The first kappa shape index (κ1) is 16.6. The molecule has 0 radical (unpaired) electrons. The van der Waals surface area contributed by atoms with Crippen LogP contribution in [0, 0.1) is 6.92 Å². The van der Waals surface area contributed by atoms with E-state index >= 15 is 0 Å². The molecular formula is C17H25N3O2. The van der Waals surface area contributed by atoms with Crippen LogP contribution >= 0.6 is 0 Å². The van der Waals surface area contributed by atoms with Gasteiger partial charge in [-0.15, -0.1) is 10.2 Å². The molecule has 0 saturated carbocycles. The van der Waals surface area contributed by atoms with Gasteiger partial charge >= 0.3 is 0 Å². The largest absolute Gasteiger partial charge is 0.424 e. The minimum Gasteiger partial charge on any atom is -0.424 e. The van der Waals surface area contributed by atoms with Crippen LogP contribution in [0.3, 0.4) is 0 Å². The molecule has 2 aromatic rings. The lowest BCUT2D eigenvalue weighted by Gasteiger charge is -2.25. The number of benzene rings is 1. The Bertz CT molecular complexity index is 593. The van der Waals surface area contributed by atoms with Gasteiger partial charge in [0.25, 0.3) is 0 Å². The molecule has 2 rings (SSSR count). The molecule has 1 heterocycles. The van der Waals surface area contributed by atoms with Crippen molar-refractivity contribution in [2.45, 2.75) is 52.8 Å². The van der Waals surface area contributed by atoms with E-state index in [4.69, 9.17) is 4.42 Å². The predicted molar refractivity (Wildman–Crippen MR) is 85.5 cm³/mol. The smallest absolute Gasteiger partial charge is 0.230 e. The van der Waals surface area contributed by atoms with Crippen LogP contribution in [-0.4, -0.2) is 38.9 Å². The Hall–Kier alpha value is -1.72. The fourth-order valence-electron chi connectivity index (χ4n) is 2.37. The van der Waals surface area contributed by atoms with Gasteiger partial charge in [-0.3, -0.25) is 4.90 Å². The molecule has 1 N–H and O–H groups in total. The summed E-state index contributed by atoms with van der Waals surface area (Å²) in [4.78, 5) is 2.12. The average molecular weight is 303 g/mol. The standard InChI is InChI=1S/C17H25N3O2/c1-12(2)20(10-14(4)21)11-17-19-18-16(22-17)9-15-8-6-5-7-13(15)3/h5-8,12,14,21H,9-11H2,1-4H3. The molecule has 0 bridgehead atoms. The van der Waals surface area contributed by atoms with Crippen LogP contribution in [0.1, 0.15) is 43.7 Å². The monoisotopic (exact) mass is 303 g/mol. The zero-order valence-electron chi connectivity index (χ0n) is 13.8. The zero-order valence-corrected chi connectivity index (χ0v) is 13.8. The van der Waals surface area contributed by atoms with E-state index in [1.165, 1.54) is 11.1 Å². The second-order valence-electron chi connectivity index (χ2n) is 6.07. The van der Waals surface area contributed by atoms with Crippen molar-refractivity contribution in [3.05, 3.63) is 47.2 Å². The molecule has 5 nitrogen and oxygen atoms in total. The van der Waals surface area contributed by atoms with Crippen LogP contribution in [-0.2, 0) is 13.0 Å². The summed E-state index contributed by atoms with van der Waals surface area (Å²) < 4.78 is 5.76. The Labute approximate surface area is 132 Å². The maximum Gasteiger partial charge on any atom is 0.230 e. The number of hydrogen-bond donors (Lipinski definition) is 1. The SMILES string of the molecule is Cc1ccccc1Cc1nnc(CN(CC(C)O)C(C)C)o1.